The van der Waals surface area contributed by atoms with Crippen LogP contribution in [0.5, 0.6) is 0 Å². The van der Waals surface area contributed by atoms with Crippen molar-refractivity contribution in [1.82, 2.24) is 4.90 Å². The van der Waals surface area contributed by atoms with Crippen molar-refractivity contribution in [2.24, 2.45) is 5.73 Å². The van der Waals surface area contributed by atoms with Crippen molar-refractivity contribution in [2.75, 3.05) is 26.2 Å². The van der Waals surface area contributed by atoms with Crippen LogP contribution in [-0.4, -0.2) is 43.3 Å². The van der Waals surface area contributed by atoms with Crippen LogP contribution in [0.15, 0.2) is 18.2 Å². The first-order valence-corrected chi connectivity index (χ1v) is 7.01. The van der Waals surface area contributed by atoms with Crippen molar-refractivity contribution < 1.29 is 9.13 Å². The number of likely N-dealkylation sites (N-methyl/N-ethyl adjacent to an activating group) is 1. The molecule has 1 aliphatic rings. The zero-order valence-electron chi connectivity index (χ0n) is 11.1. The third kappa shape index (κ3) is 3.89. The fourth-order valence-corrected chi connectivity index (χ4v) is 2.51. The van der Waals surface area contributed by atoms with Crippen LogP contribution in [0.1, 0.15) is 12.5 Å². The molecule has 0 bridgehead atoms. The lowest BCUT2D eigenvalue weighted by atomic mass is 10.0. The van der Waals surface area contributed by atoms with E-state index in [0.29, 0.717) is 23.6 Å². The van der Waals surface area contributed by atoms with E-state index in [-0.39, 0.29) is 18.0 Å². The van der Waals surface area contributed by atoms with Crippen molar-refractivity contribution in [1.29, 1.82) is 0 Å². The topological polar surface area (TPSA) is 38.5 Å². The molecule has 0 saturated carbocycles. The van der Waals surface area contributed by atoms with Gasteiger partial charge in [-0.1, -0.05) is 24.6 Å². The van der Waals surface area contributed by atoms with Gasteiger partial charge in [0.15, 0.2) is 0 Å². The first kappa shape index (κ1) is 14.7. The van der Waals surface area contributed by atoms with Gasteiger partial charge >= 0.3 is 0 Å². The molecule has 0 radical (unpaired) electrons. The summed E-state index contributed by atoms with van der Waals surface area (Å²) in [5.41, 5.74) is 6.74. The molecule has 1 aromatic carbocycles. The molecule has 2 atom stereocenters. The lowest BCUT2D eigenvalue weighted by molar-refractivity contribution is -0.0386. The van der Waals surface area contributed by atoms with Crippen LogP contribution < -0.4 is 5.73 Å². The quantitative estimate of drug-likeness (QED) is 0.921. The summed E-state index contributed by atoms with van der Waals surface area (Å²) in [7, 11) is 0. The molecular weight excluding hydrogens is 267 g/mol. The summed E-state index contributed by atoms with van der Waals surface area (Å²) < 4.78 is 19.4. The second kappa shape index (κ2) is 6.66. The van der Waals surface area contributed by atoms with Gasteiger partial charge in [0.1, 0.15) is 5.82 Å². The van der Waals surface area contributed by atoms with Crippen LogP contribution in [0.3, 0.4) is 0 Å². The highest BCUT2D eigenvalue weighted by Gasteiger charge is 2.25. The first-order chi connectivity index (χ1) is 9.10. The maximum absolute atomic E-state index is 13.7. The van der Waals surface area contributed by atoms with Crippen LogP contribution in [0, 0.1) is 5.82 Å². The highest BCUT2D eigenvalue weighted by atomic mass is 35.5. The SMILES string of the molecule is CCN1CCOC(C(N)Cc2ccc(Cl)cc2F)C1. The summed E-state index contributed by atoms with van der Waals surface area (Å²) in [4.78, 5) is 2.30. The fraction of sp³-hybridized carbons (Fsp3) is 0.571. The third-order valence-corrected chi connectivity index (χ3v) is 3.81. The van der Waals surface area contributed by atoms with E-state index in [1.807, 2.05) is 0 Å². The lowest BCUT2D eigenvalue weighted by Crippen LogP contribution is -2.51. The van der Waals surface area contributed by atoms with E-state index in [1.165, 1.54) is 6.07 Å². The molecular formula is C14H20ClFN2O. The number of rotatable bonds is 4. The molecule has 1 aromatic rings. The Balaban J connectivity index is 1.98. The minimum atomic E-state index is -0.300. The van der Waals surface area contributed by atoms with E-state index in [4.69, 9.17) is 22.1 Å². The monoisotopic (exact) mass is 286 g/mol. The second-order valence-corrected chi connectivity index (χ2v) is 5.34. The van der Waals surface area contributed by atoms with Crippen molar-refractivity contribution >= 4 is 11.6 Å². The Bertz CT molecular complexity index is 430. The summed E-state index contributed by atoms with van der Waals surface area (Å²) in [5.74, 6) is -0.300. The normalized spacial score (nSPS) is 22.4. The summed E-state index contributed by atoms with van der Waals surface area (Å²) in [6.07, 6.45) is 0.425. The van der Waals surface area contributed by atoms with E-state index in [9.17, 15) is 4.39 Å². The van der Waals surface area contributed by atoms with Crippen LogP contribution >= 0.6 is 11.6 Å². The molecule has 3 nitrogen and oxygen atoms in total. The summed E-state index contributed by atoms with van der Waals surface area (Å²) in [6.45, 7) is 5.55. The molecule has 0 aliphatic carbocycles. The molecule has 1 fully saturated rings. The van der Waals surface area contributed by atoms with Crippen LogP contribution in [0.2, 0.25) is 5.02 Å². The van der Waals surface area contributed by atoms with Gasteiger partial charge in [-0.3, -0.25) is 4.90 Å². The van der Waals surface area contributed by atoms with Crippen LogP contribution in [-0.2, 0) is 11.2 Å². The smallest absolute Gasteiger partial charge is 0.127 e. The Kier molecular flexibility index (Phi) is 5.16. The van der Waals surface area contributed by atoms with Crippen molar-refractivity contribution in [3.05, 3.63) is 34.6 Å². The second-order valence-electron chi connectivity index (χ2n) is 4.91. The molecule has 2 unspecified atom stereocenters. The lowest BCUT2D eigenvalue weighted by Gasteiger charge is -2.35. The van der Waals surface area contributed by atoms with Crippen LogP contribution in [0.4, 0.5) is 4.39 Å². The van der Waals surface area contributed by atoms with Gasteiger partial charge in [0.2, 0.25) is 0 Å². The molecule has 1 heterocycles. The van der Waals surface area contributed by atoms with Gasteiger partial charge in [0.25, 0.3) is 0 Å². The first-order valence-electron chi connectivity index (χ1n) is 6.63. The van der Waals surface area contributed by atoms with Gasteiger partial charge in [-0.25, -0.2) is 4.39 Å². The minimum absolute atomic E-state index is 0.0382. The number of benzene rings is 1. The number of ether oxygens (including phenoxy) is 1. The van der Waals surface area contributed by atoms with Gasteiger partial charge < -0.3 is 10.5 Å². The maximum Gasteiger partial charge on any atom is 0.127 e. The largest absolute Gasteiger partial charge is 0.374 e. The Labute approximate surface area is 118 Å². The van der Waals surface area contributed by atoms with E-state index < -0.39 is 0 Å². The van der Waals surface area contributed by atoms with E-state index in [0.717, 1.165) is 19.6 Å². The number of halogens is 2. The minimum Gasteiger partial charge on any atom is -0.374 e. The predicted octanol–water partition coefficient (Wildman–Crippen LogP) is 2.07. The molecule has 2 N–H and O–H groups in total. The highest BCUT2D eigenvalue weighted by molar-refractivity contribution is 6.30. The third-order valence-electron chi connectivity index (χ3n) is 3.57. The Hall–Kier alpha value is -0.680. The van der Waals surface area contributed by atoms with Crippen molar-refractivity contribution in [2.45, 2.75) is 25.5 Å². The average Bonchev–Trinajstić information content (AvgIpc) is 2.42. The molecule has 0 spiro atoms. The summed E-state index contributed by atoms with van der Waals surface area (Å²) in [6, 6.07) is 4.50. The fourth-order valence-electron chi connectivity index (χ4n) is 2.35. The van der Waals surface area contributed by atoms with Gasteiger partial charge in [0.05, 0.1) is 12.7 Å². The zero-order chi connectivity index (χ0) is 13.8. The molecule has 106 valence electrons. The van der Waals surface area contributed by atoms with Gasteiger partial charge in [-0.05, 0) is 30.7 Å². The van der Waals surface area contributed by atoms with Crippen LogP contribution in [0.25, 0.3) is 0 Å². The maximum atomic E-state index is 13.7. The number of hydrogen-bond acceptors (Lipinski definition) is 3. The van der Waals surface area contributed by atoms with Gasteiger partial charge in [-0.2, -0.15) is 0 Å². The Morgan fingerprint density at radius 3 is 3.05 bits per heavy atom. The van der Waals surface area contributed by atoms with Gasteiger partial charge in [-0.15, -0.1) is 0 Å². The number of hydrogen-bond donors (Lipinski definition) is 1. The number of morpholine rings is 1. The average molecular weight is 287 g/mol. The Morgan fingerprint density at radius 1 is 1.58 bits per heavy atom. The Morgan fingerprint density at radius 2 is 2.37 bits per heavy atom. The van der Waals surface area contributed by atoms with E-state index in [1.54, 1.807) is 12.1 Å². The van der Waals surface area contributed by atoms with E-state index >= 15 is 0 Å². The number of nitrogens with zero attached hydrogens (tertiary/aromatic N) is 1. The van der Waals surface area contributed by atoms with Crippen molar-refractivity contribution in [3.8, 4) is 0 Å². The molecule has 0 amide bonds. The standard InChI is InChI=1S/C14H20ClFN2O/c1-2-18-5-6-19-14(9-18)13(17)7-10-3-4-11(15)8-12(10)16/h3-4,8,13-14H,2,5-7,9,17H2,1H3. The predicted molar refractivity (Wildman–Crippen MR) is 74.9 cm³/mol. The summed E-state index contributed by atoms with van der Waals surface area (Å²) in [5, 5.41) is 0.404. The van der Waals surface area contributed by atoms with Gasteiger partial charge in [0, 0.05) is 24.2 Å². The highest BCUT2D eigenvalue weighted by Crippen LogP contribution is 2.18. The number of nitrogens with two attached hydrogens (primary N) is 1. The molecule has 2 rings (SSSR count). The summed E-state index contributed by atoms with van der Waals surface area (Å²) >= 11 is 5.74. The molecule has 1 aliphatic heterocycles. The molecule has 19 heavy (non-hydrogen) atoms. The molecule has 0 aromatic heterocycles. The van der Waals surface area contributed by atoms with E-state index in [2.05, 4.69) is 11.8 Å². The van der Waals surface area contributed by atoms with Crippen molar-refractivity contribution in [3.63, 3.8) is 0 Å². The zero-order valence-corrected chi connectivity index (χ0v) is 11.9. The molecule has 5 heteroatoms. The molecule has 1 saturated heterocycles.